The van der Waals surface area contributed by atoms with Crippen molar-refractivity contribution in [1.29, 1.82) is 0 Å². The smallest absolute Gasteiger partial charge is 0.0747 e. The fourth-order valence-corrected chi connectivity index (χ4v) is 2.27. The fourth-order valence-electron chi connectivity index (χ4n) is 2.27. The minimum absolute atomic E-state index is 0.300. The molecular formula is C19H28O. The molecular weight excluding hydrogens is 244 g/mol. The highest BCUT2D eigenvalue weighted by atomic mass is 16.3. The van der Waals surface area contributed by atoms with Gasteiger partial charge in [0.2, 0.25) is 0 Å². The van der Waals surface area contributed by atoms with Crippen LogP contribution in [-0.2, 0) is 6.42 Å². The molecule has 0 aromatic heterocycles. The van der Waals surface area contributed by atoms with Crippen LogP contribution >= 0.6 is 0 Å². The number of hydrogen-bond acceptors (Lipinski definition) is 1. The van der Waals surface area contributed by atoms with E-state index in [-0.39, 0.29) is 6.10 Å². The van der Waals surface area contributed by atoms with Crippen LogP contribution in [0.4, 0.5) is 0 Å². The summed E-state index contributed by atoms with van der Waals surface area (Å²) in [5, 5.41) is 10.1. The molecule has 0 aliphatic rings. The van der Waals surface area contributed by atoms with Gasteiger partial charge in [0.25, 0.3) is 0 Å². The number of aryl methyl sites for hydroxylation is 1. The summed E-state index contributed by atoms with van der Waals surface area (Å²) >= 11 is 0. The molecule has 1 N–H and O–H groups in total. The summed E-state index contributed by atoms with van der Waals surface area (Å²) in [7, 11) is 0. The van der Waals surface area contributed by atoms with Gasteiger partial charge in [-0.25, -0.2) is 0 Å². The predicted octanol–water partition coefficient (Wildman–Crippen LogP) is 5.06. The van der Waals surface area contributed by atoms with Crippen molar-refractivity contribution in [2.45, 2.75) is 59.5 Å². The Balaban J connectivity index is 2.80. The zero-order valence-corrected chi connectivity index (χ0v) is 13.3. The van der Waals surface area contributed by atoms with Gasteiger partial charge in [-0.15, -0.1) is 0 Å². The standard InChI is InChI=1S/C19H28O/c1-5-19(20)16(4)18(13-11-15(2)3)14-12-17-9-7-6-8-10-17/h6-11,19-20H,5,12-14H2,1-4H3/b18-16+. The van der Waals surface area contributed by atoms with Crippen LogP contribution in [0.2, 0.25) is 0 Å². The molecule has 0 saturated carbocycles. The molecule has 1 aromatic carbocycles. The molecule has 0 bridgehead atoms. The molecule has 1 unspecified atom stereocenters. The fraction of sp³-hybridized carbons (Fsp3) is 0.474. The van der Waals surface area contributed by atoms with E-state index < -0.39 is 0 Å². The van der Waals surface area contributed by atoms with Gasteiger partial charge in [0.05, 0.1) is 6.10 Å². The van der Waals surface area contributed by atoms with Crippen molar-refractivity contribution >= 4 is 0 Å². The van der Waals surface area contributed by atoms with Gasteiger partial charge in [-0.05, 0) is 57.6 Å². The van der Waals surface area contributed by atoms with E-state index in [9.17, 15) is 5.11 Å². The van der Waals surface area contributed by atoms with Crippen molar-refractivity contribution in [1.82, 2.24) is 0 Å². The van der Waals surface area contributed by atoms with Gasteiger partial charge in [-0.3, -0.25) is 0 Å². The highest BCUT2D eigenvalue weighted by Gasteiger charge is 2.09. The quantitative estimate of drug-likeness (QED) is 0.688. The minimum atomic E-state index is -0.300. The van der Waals surface area contributed by atoms with Crippen molar-refractivity contribution in [2.24, 2.45) is 0 Å². The molecule has 0 aliphatic carbocycles. The zero-order chi connectivity index (χ0) is 15.0. The number of aliphatic hydroxyl groups is 1. The predicted molar refractivity (Wildman–Crippen MR) is 87.8 cm³/mol. The topological polar surface area (TPSA) is 20.2 Å². The third-order valence-corrected chi connectivity index (χ3v) is 3.76. The molecule has 0 heterocycles. The first-order chi connectivity index (χ1) is 9.54. The van der Waals surface area contributed by atoms with Crippen LogP contribution in [0.25, 0.3) is 0 Å². The molecule has 1 atom stereocenters. The van der Waals surface area contributed by atoms with E-state index in [0.717, 1.165) is 31.3 Å². The monoisotopic (exact) mass is 272 g/mol. The lowest BCUT2D eigenvalue weighted by atomic mass is 9.94. The van der Waals surface area contributed by atoms with Crippen molar-refractivity contribution in [3.8, 4) is 0 Å². The summed E-state index contributed by atoms with van der Waals surface area (Å²) in [5.41, 5.74) is 5.23. The lowest BCUT2D eigenvalue weighted by molar-refractivity contribution is 0.205. The van der Waals surface area contributed by atoms with Crippen molar-refractivity contribution in [2.75, 3.05) is 0 Å². The molecule has 0 amide bonds. The summed E-state index contributed by atoms with van der Waals surface area (Å²) in [6.45, 7) is 8.36. The van der Waals surface area contributed by atoms with Gasteiger partial charge < -0.3 is 5.11 Å². The lowest BCUT2D eigenvalue weighted by Crippen LogP contribution is -2.09. The summed E-state index contributed by atoms with van der Waals surface area (Å²) in [4.78, 5) is 0. The number of rotatable bonds is 7. The zero-order valence-electron chi connectivity index (χ0n) is 13.3. The van der Waals surface area contributed by atoms with Crippen molar-refractivity contribution in [3.05, 3.63) is 58.7 Å². The van der Waals surface area contributed by atoms with Gasteiger partial charge in [0, 0.05) is 0 Å². The molecule has 0 radical (unpaired) electrons. The number of benzene rings is 1. The van der Waals surface area contributed by atoms with Crippen molar-refractivity contribution in [3.63, 3.8) is 0 Å². The summed E-state index contributed by atoms with van der Waals surface area (Å²) in [6, 6.07) is 10.6. The number of hydrogen-bond donors (Lipinski definition) is 1. The van der Waals surface area contributed by atoms with E-state index in [1.54, 1.807) is 0 Å². The van der Waals surface area contributed by atoms with E-state index in [0.29, 0.717) is 0 Å². The maximum atomic E-state index is 10.1. The van der Waals surface area contributed by atoms with Crippen LogP contribution in [0.1, 0.15) is 52.5 Å². The van der Waals surface area contributed by atoms with E-state index in [1.807, 2.05) is 6.92 Å². The van der Waals surface area contributed by atoms with Crippen LogP contribution in [0.5, 0.6) is 0 Å². The van der Waals surface area contributed by atoms with Crippen LogP contribution in [0.3, 0.4) is 0 Å². The van der Waals surface area contributed by atoms with Gasteiger partial charge >= 0.3 is 0 Å². The van der Waals surface area contributed by atoms with Crippen LogP contribution in [0, 0.1) is 0 Å². The Morgan fingerprint density at radius 3 is 2.35 bits per heavy atom. The van der Waals surface area contributed by atoms with Crippen LogP contribution in [0.15, 0.2) is 53.1 Å². The molecule has 1 rings (SSSR count). The molecule has 1 heteroatoms. The van der Waals surface area contributed by atoms with Gasteiger partial charge in [-0.2, -0.15) is 0 Å². The van der Waals surface area contributed by atoms with Crippen LogP contribution in [-0.4, -0.2) is 11.2 Å². The Morgan fingerprint density at radius 1 is 1.15 bits per heavy atom. The largest absolute Gasteiger partial charge is 0.389 e. The number of allylic oxidation sites excluding steroid dienone is 3. The second-order valence-electron chi connectivity index (χ2n) is 5.68. The summed E-state index contributed by atoms with van der Waals surface area (Å²) in [6.07, 6.45) is 5.77. The average molecular weight is 272 g/mol. The minimum Gasteiger partial charge on any atom is -0.389 e. The highest BCUT2D eigenvalue weighted by Crippen LogP contribution is 2.21. The SMILES string of the molecule is CCC(O)/C(C)=C(\CC=C(C)C)CCc1ccccc1. The van der Waals surface area contributed by atoms with E-state index in [4.69, 9.17) is 0 Å². The normalized spacial score (nSPS) is 13.7. The molecule has 20 heavy (non-hydrogen) atoms. The maximum Gasteiger partial charge on any atom is 0.0747 e. The first-order valence-corrected chi connectivity index (χ1v) is 7.58. The molecule has 0 spiro atoms. The Bertz CT molecular complexity index is 450. The first-order valence-electron chi connectivity index (χ1n) is 7.58. The average Bonchev–Trinajstić information content (AvgIpc) is 2.46. The third-order valence-electron chi connectivity index (χ3n) is 3.76. The summed E-state index contributed by atoms with van der Waals surface area (Å²) in [5.74, 6) is 0. The Labute approximate surface area is 124 Å². The van der Waals surface area contributed by atoms with Crippen LogP contribution < -0.4 is 0 Å². The third kappa shape index (κ3) is 5.75. The molecule has 0 saturated heterocycles. The Kier molecular flexibility index (Phi) is 7.32. The second-order valence-corrected chi connectivity index (χ2v) is 5.68. The molecule has 0 aliphatic heterocycles. The number of aliphatic hydroxyl groups excluding tert-OH is 1. The summed E-state index contributed by atoms with van der Waals surface area (Å²) < 4.78 is 0. The van der Waals surface area contributed by atoms with Gasteiger partial charge in [0.1, 0.15) is 0 Å². The van der Waals surface area contributed by atoms with Gasteiger partial charge in [0.15, 0.2) is 0 Å². The Morgan fingerprint density at radius 2 is 1.80 bits per heavy atom. The molecule has 0 fully saturated rings. The second kappa shape index (κ2) is 8.76. The molecule has 1 aromatic rings. The maximum absolute atomic E-state index is 10.1. The van der Waals surface area contributed by atoms with E-state index >= 15 is 0 Å². The lowest BCUT2D eigenvalue weighted by Gasteiger charge is -2.15. The highest BCUT2D eigenvalue weighted by molar-refractivity contribution is 5.23. The molecule has 1 nitrogen and oxygen atoms in total. The first kappa shape index (κ1) is 16.7. The van der Waals surface area contributed by atoms with E-state index in [1.165, 1.54) is 16.7 Å². The Hall–Kier alpha value is -1.34. The van der Waals surface area contributed by atoms with Gasteiger partial charge in [-0.1, -0.05) is 54.5 Å². The van der Waals surface area contributed by atoms with Crippen molar-refractivity contribution < 1.29 is 5.11 Å². The molecule has 110 valence electrons. The van der Waals surface area contributed by atoms with E-state index in [2.05, 4.69) is 57.2 Å².